The number of urea groups is 1. The van der Waals surface area contributed by atoms with Crippen molar-refractivity contribution in [2.45, 2.75) is 38.1 Å². The van der Waals surface area contributed by atoms with Gasteiger partial charge in [-0.2, -0.15) is 0 Å². The van der Waals surface area contributed by atoms with Gasteiger partial charge in [-0.25, -0.2) is 14.6 Å². The maximum Gasteiger partial charge on any atom is 0.359 e. The van der Waals surface area contributed by atoms with Crippen molar-refractivity contribution in [3.05, 3.63) is 20.9 Å². The molecule has 0 unspecified atom stereocenters. The topological polar surface area (TPSA) is 123 Å². The Hall–Kier alpha value is -1.77. The molecule has 1 saturated carbocycles. The molecule has 1 aliphatic rings. The van der Waals surface area contributed by atoms with Crippen LogP contribution in [-0.4, -0.2) is 35.5 Å². The first-order valence-electron chi connectivity index (χ1n) is 7.87. The molecule has 0 spiro atoms. The Balaban J connectivity index is 1.85. The molecule has 1 aromatic rings. The number of halogens is 3. The van der Waals surface area contributed by atoms with Gasteiger partial charge in [0.2, 0.25) is 0 Å². The van der Waals surface area contributed by atoms with Gasteiger partial charge in [-0.1, -0.05) is 54.1 Å². The summed E-state index contributed by atoms with van der Waals surface area (Å²) in [7, 11) is 0. The Morgan fingerprint density at radius 2 is 1.77 bits per heavy atom. The van der Waals surface area contributed by atoms with Crippen molar-refractivity contribution in [3.63, 3.8) is 0 Å². The van der Waals surface area contributed by atoms with Gasteiger partial charge >= 0.3 is 12.0 Å². The van der Waals surface area contributed by atoms with E-state index in [1.165, 1.54) is 0 Å². The number of nitrogens with zero attached hydrogens (tertiary/aromatic N) is 1. The van der Waals surface area contributed by atoms with Crippen LogP contribution in [-0.2, 0) is 9.53 Å². The summed E-state index contributed by atoms with van der Waals surface area (Å²) in [6.45, 7) is -0.699. The summed E-state index contributed by atoms with van der Waals surface area (Å²) in [5.74, 6) is -1.82. The van der Waals surface area contributed by atoms with Crippen LogP contribution in [0.15, 0.2) is 0 Å². The van der Waals surface area contributed by atoms with Crippen molar-refractivity contribution in [2.24, 2.45) is 0 Å². The smallest absolute Gasteiger partial charge is 0.359 e. The lowest BCUT2D eigenvalue weighted by Crippen LogP contribution is -2.46. The highest BCUT2D eigenvalue weighted by Gasteiger charge is 2.22. The van der Waals surface area contributed by atoms with E-state index < -0.39 is 24.5 Å². The van der Waals surface area contributed by atoms with E-state index in [1.54, 1.807) is 0 Å². The molecule has 3 amide bonds. The van der Waals surface area contributed by atoms with Crippen LogP contribution in [0.25, 0.3) is 0 Å². The second-order valence-electron chi connectivity index (χ2n) is 5.73. The van der Waals surface area contributed by atoms with Gasteiger partial charge < -0.3 is 15.8 Å². The van der Waals surface area contributed by atoms with Crippen molar-refractivity contribution in [1.82, 2.24) is 15.6 Å². The fraction of sp³-hybridized carbons (Fsp3) is 0.467. The molecule has 0 atom stereocenters. The standard InChI is InChI=1S/C15H17Cl3N4O4/c16-9-11(19)10(17)13(18)22-12(9)14(24)26-6-8(23)21-15(25)20-7-4-2-1-3-5-7/h7H,1-6H2,(H2,19,22)(H2,20,21,23,25). The summed E-state index contributed by atoms with van der Waals surface area (Å²) in [6, 6.07) is -0.589. The minimum atomic E-state index is -1.02. The zero-order chi connectivity index (χ0) is 19.3. The molecule has 2 rings (SSSR count). The number of imide groups is 1. The third-order valence-electron chi connectivity index (χ3n) is 3.79. The van der Waals surface area contributed by atoms with Gasteiger partial charge in [-0.05, 0) is 12.8 Å². The quantitative estimate of drug-likeness (QED) is 0.505. The number of aromatic nitrogens is 1. The lowest BCUT2D eigenvalue weighted by atomic mass is 9.96. The second kappa shape index (κ2) is 9.25. The number of nitrogens with two attached hydrogens (primary N) is 1. The minimum Gasteiger partial charge on any atom is -0.451 e. The maximum absolute atomic E-state index is 12.0. The number of pyridine rings is 1. The molecule has 0 aliphatic heterocycles. The zero-order valence-electron chi connectivity index (χ0n) is 13.6. The van der Waals surface area contributed by atoms with Crippen molar-refractivity contribution < 1.29 is 19.1 Å². The highest BCUT2D eigenvalue weighted by atomic mass is 35.5. The molecule has 1 aromatic heterocycles. The third-order valence-corrected chi connectivity index (χ3v) is 4.93. The number of ether oxygens (including phenoxy) is 1. The Bertz CT molecular complexity index is 723. The summed E-state index contributed by atoms with van der Waals surface area (Å²) < 4.78 is 4.78. The number of rotatable bonds is 4. The van der Waals surface area contributed by atoms with Crippen LogP contribution in [0.3, 0.4) is 0 Å². The van der Waals surface area contributed by atoms with E-state index in [1.807, 2.05) is 0 Å². The van der Waals surface area contributed by atoms with Crippen molar-refractivity contribution >= 4 is 58.4 Å². The molecule has 4 N–H and O–H groups in total. The number of hydrogen-bond acceptors (Lipinski definition) is 6. The van der Waals surface area contributed by atoms with Gasteiger partial charge in [0.25, 0.3) is 5.91 Å². The van der Waals surface area contributed by atoms with Crippen LogP contribution in [0.4, 0.5) is 10.5 Å². The van der Waals surface area contributed by atoms with E-state index in [-0.39, 0.29) is 32.6 Å². The summed E-state index contributed by atoms with van der Waals surface area (Å²) in [5.41, 5.74) is 5.10. The number of anilines is 1. The Morgan fingerprint density at radius 3 is 2.42 bits per heavy atom. The van der Waals surface area contributed by atoms with Crippen molar-refractivity contribution in [2.75, 3.05) is 12.3 Å². The summed E-state index contributed by atoms with van der Waals surface area (Å²) in [4.78, 5) is 39.1. The van der Waals surface area contributed by atoms with E-state index in [9.17, 15) is 14.4 Å². The number of nitrogens with one attached hydrogen (secondary N) is 2. The van der Waals surface area contributed by atoms with E-state index >= 15 is 0 Å². The predicted molar refractivity (Wildman–Crippen MR) is 97.5 cm³/mol. The first kappa shape index (κ1) is 20.5. The molecule has 142 valence electrons. The number of hydrogen-bond donors (Lipinski definition) is 3. The number of nitrogen functional groups attached to an aromatic ring is 1. The molecular formula is C15H17Cl3N4O4. The number of esters is 1. The SMILES string of the molecule is Nc1c(Cl)c(Cl)nc(C(=O)OCC(=O)NC(=O)NC2CCCCC2)c1Cl. The average molecular weight is 424 g/mol. The molecule has 8 nitrogen and oxygen atoms in total. The molecule has 1 aliphatic carbocycles. The maximum atomic E-state index is 12.0. The first-order valence-corrected chi connectivity index (χ1v) is 9.00. The average Bonchev–Trinajstić information content (AvgIpc) is 2.61. The van der Waals surface area contributed by atoms with Gasteiger partial charge in [-0.15, -0.1) is 0 Å². The first-order chi connectivity index (χ1) is 12.3. The molecule has 1 heterocycles. The lowest BCUT2D eigenvalue weighted by Gasteiger charge is -2.22. The van der Waals surface area contributed by atoms with E-state index in [4.69, 9.17) is 45.3 Å². The van der Waals surface area contributed by atoms with E-state index in [2.05, 4.69) is 15.6 Å². The molecule has 0 saturated heterocycles. The fourth-order valence-electron chi connectivity index (χ4n) is 2.50. The molecule has 26 heavy (non-hydrogen) atoms. The molecule has 1 fully saturated rings. The van der Waals surface area contributed by atoms with Gasteiger partial charge in [0, 0.05) is 6.04 Å². The van der Waals surface area contributed by atoms with Crippen LogP contribution in [0.5, 0.6) is 0 Å². The molecule has 0 aromatic carbocycles. The molecular weight excluding hydrogens is 407 g/mol. The van der Waals surface area contributed by atoms with Gasteiger partial charge in [0.1, 0.15) is 5.02 Å². The van der Waals surface area contributed by atoms with Gasteiger partial charge in [-0.3, -0.25) is 10.1 Å². The highest BCUT2D eigenvalue weighted by molar-refractivity contribution is 6.46. The summed E-state index contributed by atoms with van der Waals surface area (Å²) >= 11 is 17.4. The Labute approximate surface area is 164 Å². The predicted octanol–water partition coefficient (Wildman–Crippen LogP) is 2.94. The summed E-state index contributed by atoms with van der Waals surface area (Å²) in [6.07, 6.45) is 4.97. The monoisotopic (exact) mass is 422 g/mol. The lowest BCUT2D eigenvalue weighted by molar-refractivity contribution is -0.123. The van der Waals surface area contributed by atoms with Crippen molar-refractivity contribution in [3.8, 4) is 0 Å². The Kier molecular flexibility index (Phi) is 7.31. The largest absolute Gasteiger partial charge is 0.451 e. The molecule has 11 heteroatoms. The van der Waals surface area contributed by atoms with E-state index in [0.717, 1.165) is 32.1 Å². The molecule has 0 radical (unpaired) electrons. The number of carbonyl (C=O) groups excluding carboxylic acids is 3. The van der Waals surface area contributed by atoms with Crippen LogP contribution in [0, 0.1) is 0 Å². The fourth-order valence-corrected chi connectivity index (χ4v) is 3.08. The minimum absolute atomic E-state index is 0.0429. The highest BCUT2D eigenvalue weighted by Crippen LogP contribution is 2.34. The van der Waals surface area contributed by atoms with Gasteiger partial charge in [0.15, 0.2) is 17.5 Å². The molecule has 0 bridgehead atoms. The second-order valence-corrected chi connectivity index (χ2v) is 6.84. The van der Waals surface area contributed by atoms with Crippen molar-refractivity contribution in [1.29, 1.82) is 0 Å². The van der Waals surface area contributed by atoms with Crippen LogP contribution in [0.1, 0.15) is 42.6 Å². The number of carbonyl (C=O) groups is 3. The zero-order valence-corrected chi connectivity index (χ0v) is 15.9. The number of amides is 3. The van der Waals surface area contributed by atoms with E-state index in [0.29, 0.717) is 0 Å². The summed E-state index contributed by atoms with van der Waals surface area (Å²) in [5, 5.41) is 4.24. The van der Waals surface area contributed by atoms with Crippen LogP contribution < -0.4 is 16.4 Å². The van der Waals surface area contributed by atoms with Crippen LogP contribution >= 0.6 is 34.8 Å². The van der Waals surface area contributed by atoms with Crippen LogP contribution in [0.2, 0.25) is 15.2 Å². The normalized spacial score (nSPS) is 14.6. The third kappa shape index (κ3) is 5.36. The Morgan fingerprint density at radius 1 is 1.12 bits per heavy atom. The van der Waals surface area contributed by atoms with Gasteiger partial charge in [0.05, 0.1) is 10.7 Å².